The van der Waals surface area contributed by atoms with Gasteiger partial charge < -0.3 is 5.32 Å². The number of nitrogens with zero attached hydrogens (tertiary/aromatic N) is 3. The van der Waals surface area contributed by atoms with Gasteiger partial charge >= 0.3 is 0 Å². The van der Waals surface area contributed by atoms with E-state index in [0.29, 0.717) is 0 Å². The fourth-order valence-electron chi connectivity index (χ4n) is 2.96. The SMILES string of the molecule is c1ccn2c(CCNCC3CCCCC3)nnc2c1. The van der Waals surface area contributed by atoms with Gasteiger partial charge in [0.1, 0.15) is 5.82 Å². The standard InChI is InChI=1S/C15H22N4/c1-2-6-13(7-3-1)12-16-10-9-15-18-17-14-8-4-5-11-19(14)15/h4-5,8,11,13,16H,1-3,6-7,9-10,12H2. The maximum absolute atomic E-state index is 4.25. The molecule has 0 atom stereocenters. The average Bonchev–Trinajstić information content (AvgIpc) is 2.88. The smallest absolute Gasteiger partial charge is 0.160 e. The fraction of sp³-hybridized carbons (Fsp3) is 0.600. The lowest BCUT2D eigenvalue weighted by Crippen LogP contribution is -2.26. The first kappa shape index (κ1) is 12.6. The Labute approximate surface area is 114 Å². The summed E-state index contributed by atoms with van der Waals surface area (Å²) in [6, 6.07) is 6.01. The lowest BCUT2D eigenvalue weighted by atomic mass is 9.89. The number of hydrogen-bond donors (Lipinski definition) is 1. The highest BCUT2D eigenvalue weighted by Gasteiger charge is 2.12. The lowest BCUT2D eigenvalue weighted by molar-refractivity contribution is 0.343. The second kappa shape index (κ2) is 6.15. The summed E-state index contributed by atoms with van der Waals surface area (Å²) in [5.74, 6) is 1.94. The molecule has 1 fully saturated rings. The van der Waals surface area contributed by atoms with E-state index >= 15 is 0 Å². The van der Waals surface area contributed by atoms with Crippen LogP contribution in [0.3, 0.4) is 0 Å². The fourth-order valence-corrected chi connectivity index (χ4v) is 2.96. The quantitative estimate of drug-likeness (QED) is 0.838. The van der Waals surface area contributed by atoms with E-state index in [0.717, 1.165) is 36.9 Å². The first-order valence-corrected chi connectivity index (χ1v) is 7.43. The van der Waals surface area contributed by atoms with E-state index in [1.54, 1.807) is 0 Å². The molecule has 19 heavy (non-hydrogen) atoms. The molecule has 0 radical (unpaired) electrons. The van der Waals surface area contributed by atoms with Gasteiger partial charge in [0.25, 0.3) is 0 Å². The molecule has 1 aliphatic rings. The molecule has 1 saturated carbocycles. The lowest BCUT2D eigenvalue weighted by Gasteiger charge is -2.21. The van der Waals surface area contributed by atoms with Gasteiger partial charge in [0.05, 0.1) is 0 Å². The molecule has 1 N–H and O–H groups in total. The minimum Gasteiger partial charge on any atom is -0.316 e. The molecule has 0 amide bonds. The molecule has 2 heterocycles. The van der Waals surface area contributed by atoms with Crippen LogP contribution in [0.4, 0.5) is 0 Å². The molecule has 0 aliphatic heterocycles. The second-order valence-electron chi connectivity index (χ2n) is 5.50. The molecule has 2 aromatic heterocycles. The molecular weight excluding hydrogens is 236 g/mol. The summed E-state index contributed by atoms with van der Waals surface area (Å²) < 4.78 is 2.07. The summed E-state index contributed by atoms with van der Waals surface area (Å²) in [5.41, 5.74) is 0.935. The number of nitrogens with one attached hydrogen (secondary N) is 1. The Morgan fingerprint density at radius 3 is 2.95 bits per heavy atom. The van der Waals surface area contributed by atoms with Crippen LogP contribution in [0, 0.1) is 5.92 Å². The highest BCUT2D eigenvalue weighted by Crippen LogP contribution is 2.22. The van der Waals surface area contributed by atoms with E-state index in [-0.39, 0.29) is 0 Å². The van der Waals surface area contributed by atoms with Crippen LogP contribution in [0.2, 0.25) is 0 Å². The van der Waals surface area contributed by atoms with Gasteiger partial charge in [0.2, 0.25) is 0 Å². The Morgan fingerprint density at radius 2 is 2.05 bits per heavy atom. The van der Waals surface area contributed by atoms with Crippen molar-refractivity contribution in [2.24, 2.45) is 5.92 Å². The van der Waals surface area contributed by atoms with Crippen LogP contribution < -0.4 is 5.32 Å². The number of aromatic nitrogens is 3. The van der Waals surface area contributed by atoms with Crippen molar-refractivity contribution in [2.75, 3.05) is 13.1 Å². The maximum atomic E-state index is 4.25. The predicted octanol–water partition coefficient (Wildman–Crippen LogP) is 2.44. The molecule has 3 rings (SSSR count). The van der Waals surface area contributed by atoms with E-state index in [2.05, 4.69) is 19.9 Å². The Kier molecular flexibility index (Phi) is 4.08. The maximum Gasteiger partial charge on any atom is 0.160 e. The highest BCUT2D eigenvalue weighted by atomic mass is 15.2. The van der Waals surface area contributed by atoms with Gasteiger partial charge in [-0.2, -0.15) is 0 Å². The van der Waals surface area contributed by atoms with Crippen molar-refractivity contribution in [3.05, 3.63) is 30.2 Å². The van der Waals surface area contributed by atoms with Crippen LogP contribution in [0.15, 0.2) is 24.4 Å². The monoisotopic (exact) mass is 258 g/mol. The molecule has 4 nitrogen and oxygen atoms in total. The normalized spacial score (nSPS) is 17.1. The Bertz CT molecular complexity index is 514. The topological polar surface area (TPSA) is 42.2 Å². The summed E-state index contributed by atoms with van der Waals surface area (Å²) in [4.78, 5) is 0. The number of hydrogen-bond acceptors (Lipinski definition) is 3. The second-order valence-corrected chi connectivity index (χ2v) is 5.50. The summed E-state index contributed by atoms with van der Waals surface area (Å²) >= 11 is 0. The van der Waals surface area contributed by atoms with Crippen molar-refractivity contribution in [2.45, 2.75) is 38.5 Å². The molecule has 4 heteroatoms. The van der Waals surface area contributed by atoms with E-state index in [1.165, 1.54) is 32.1 Å². The minimum absolute atomic E-state index is 0.892. The predicted molar refractivity (Wildman–Crippen MR) is 76.1 cm³/mol. The van der Waals surface area contributed by atoms with Gasteiger partial charge in [-0.25, -0.2) is 0 Å². The molecular formula is C15H22N4. The van der Waals surface area contributed by atoms with Gasteiger partial charge in [-0.1, -0.05) is 25.3 Å². The third-order valence-corrected chi connectivity index (χ3v) is 4.07. The molecule has 0 spiro atoms. The van der Waals surface area contributed by atoms with Gasteiger partial charge in [-0.3, -0.25) is 4.40 Å². The zero-order valence-electron chi connectivity index (χ0n) is 11.4. The largest absolute Gasteiger partial charge is 0.316 e. The molecule has 0 bridgehead atoms. The van der Waals surface area contributed by atoms with Crippen LogP contribution in [0.1, 0.15) is 37.9 Å². The first-order chi connectivity index (χ1) is 9.43. The average molecular weight is 258 g/mol. The van der Waals surface area contributed by atoms with Gasteiger partial charge in [0, 0.05) is 19.2 Å². The van der Waals surface area contributed by atoms with Crippen molar-refractivity contribution in [1.29, 1.82) is 0 Å². The van der Waals surface area contributed by atoms with Crippen LogP contribution in [-0.2, 0) is 6.42 Å². The van der Waals surface area contributed by atoms with Crippen molar-refractivity contribution in [1.82, 2.24) is 19.9 Å². The van der Waals surface area contributed by atoms with Crippen molar-refractivity contribution in [3.8, 4) is 0 Å². The summed E-state index contributed by atoms with van der Waals surface area (Å²) in [7, 11) is 0. The van der Waals surface area contributed by atoms with E-state index < -0.39 is 0 Å². The first-order valence-electron chi connectivity index (χ1n) is 7.43. The van der Waals surface area contributed by atoms with Gasteiger partial charge in [0.15, 0.2) is 5.65 Å². The molecule has 2 aromatic rings. The molecule has 0 saturated heterocycles. The number of fused-ring (bicyclic) bond motifs is 1. The van der Waals surface area contributed by atoms with E-state index in [1.807, 2.05) is 24.4 Å². The van der Waals surface area contributed by atoms with Gasteiger partial charge in [-0.05, 0) is 37.4 Å². The summed E-state index contributed by atoms with van der Waals surface area (Å²) in [6.07, 6.45) is 10.1. The van der Waals surface area contributed by atoms with Crippen LogP contribution >= 0.6 is 0 Å². The van der Waals surface area contributed by atoms with Crippen molar-refractivity contribution in [3.63, 3.8) is 0 Å². The third kappa shape index (κ3) is 3.13. The molecule has 1 aliphatic carbocycles. The van der Waals surface area contributed by atoms with Crippen LogP contribution in [0.5, 0.6) is 0 Å². The summed E-state index contributed by atoms with van der Waals surface area (Å²) in [6.45, 7) is 2.16. The van der Waals surface area contributed by atoms with Crippen LogP contribution in [-0.4, -0.2) is 27.7 Å². The van der Waals surface area contributed by atoms with E-state index in [9.17, 15) is 0 Å². The van der Waals surface area contributed by atoms with Crippen molar-refractivity contribution < 1.29 is 0 Å². The Balaban J connectivity index is 1.47. The van der Waals surface area contributed by atoms with Crippen LogP contribution in [0.25, 0.3) is 5.65 Å². The summed E-state index contributed by atoms with van der Waals surface area (Å²) in [5, 5.41) is 12.0. The number of pyridine rings is 1. The van der Waals surface area contributed by atoms with E-state index in [4.69, 9.17) is 0 Å². The third-order valence-electron chi connectivity index (χ3n) is 4.07. The zero-order valence-corrected chi connectivity index (χ0v) is 11.4. The minimum atomic E-state index is 0.892. The molecule has 102 valence electrons. The molecule has 0 aromatic carbocycles. The molecule has 0 unspecified atom stereocenters. The highest BCUT2D eigenvalue weighted by molar-refractivity contribution is 5.36. The Hall–Kier alpha value is -1.42. The van der Waals surface area contributed by atoms with Gasteiger partial charge in [-0.15, -0.1) is 10.2 Å². The zero-order chi connectivity index (χ0) is 12.9. The van der Waals surface area contributed by atoms with Crippen molar-refractivity contribution >= 4 is 5.65 Å². The Morgan fingerprint density at radius 1 is 1.16 bits per heavy atom. The number of rotatable bonds is 5.